The van der Waals surface area contributed by atoms with E-state index in [1.165, 1.54) is 12.8 Å². The Hall–Kier alpha value is -0.0800. The van der Waals surface area contributed by atoms with Crippen LogP contribution in [0.2, 0.25) is 0 Å². The number of nitrogens with one attached hydrogen (secondary N) is 1. The number of hydrogen-bond acceptors (Lipinski definition) is 2. The first-order chi connectivity index (χ1) is 4.77. The molecule has 1 atom stereocenters. The summed E-state index contributed by atoms with van der Waals surface area (Å²) in [5.74, 6) is 0. The van der Waals surface area contributed by atoms with Crippen LogP contribution >= 0.6 is 0 Å². The Morgan fingerprint density at radius 1 is 1.60 bits per heavy atom. The third-order valence-corrected chi connectivity index (χ3v) is 2.28. The van der Waals surface area contributed by atoms with Crippen molar-refractivity contribution >= 4 is 0 Å². The molecule has 0 aliphatic carbocycles. The zero-order valence-corrected chi connectivity index (χ0v) is 6.94. The largest absolute Gasteiger partial charge is 0.381 e. The van der Waals surface area contributed by atoms with Crippen molar-refractivity contribution < 1.29 is 4.74 Å². The molecule has 10 heavy (non-hydrogen) atoms. The highest BCUT2D eigenvalue weighted by atomic mass is 16.5. The van der Waals surface area contributed by atoms with Gasteiger partial charge in [0, 0.05) is 6.61 Å². The highest BCUT2D eigenvalue weighted by Gasteiger charge is 2.28. The molecule has 0 aromatic rings. The van der Waals surface area contributed by atoms with Gasteiger partial charge in [-0.25, -0.2) is 0 Å². The molecule has 0 spiro atoms. The van der Waals surface area contributed by atoms with Crippen LogP contribution in [0.1, 0.15) is 19.8 Å². The fourth-order valence-corrected chi connectivity index (χ4v) is 1.33. The molecule has 2 nitrogen and oxygen atoms in total. The van der Waals surface area contributed by atoms with Gasteiger partial charge in [0.2, 0.25) is 0 Å². The van der Waals surface area contributed by atoms with Gasteiger partial charge in [-0.15, -0.1) is 0 Å². The van der Waals surface area contributed by atoms with E-state index in [2.05, 4.69) is 12.2 Å². The molecule has 0 bridgehead atoms. The molecule has 1 N–H and O–H groups in total. The Kier molecular flexibility index (Phi) is 2.69. The smallest absolute Gasteiger partial charge is 0.0521 e. The summed E-state index contributed by atoms with van der Waals surface area (Å²) >= 11 is 0. The molecule has 0 saturated carbocycles. The zero-order valence-electron chi connectivity index (χ0n) is 6.94. The molecule has 0 aromatic heterocycles. The molecule has 1 rings (SSSR count). The SMILES string of the molecule is CNCCC1(C)CCOC1. The van der Waals surface area contributed by atoms with Crippen molar-refractivity contribution in [2.75, 3.05) is 26.8 Å². The fraction of sp³-hybridized carbons (Fsp3) is 1.00. The predicted molar refractivity (Wildman–Crippen MR) is 42.1 cm³/mol. The second-order valence-corrected chi connectivity index (χ2v) is 3.47. The zero-order chi connectivity index (χ0) is 7.45. The molecule has 1 aliphatic rings. The highest BCUT2D eigenvalue weighted by molar-refractivity contribution is 4.78. The van der Waals surface area contributed by atoms with Crippen LogP contribution in [-0.2, 0) is 4.74 Å². The van der Waals surface area contributed by atoms with Crippen molar-refractivity contribution in [3.8, 4) is 0 Å². The van der Waals surface area contributed by atoms with E-state index >= 15 is 0 Å². The molecular formula is C8H17NO. The van der Waals surface area contributed by atoms with Crippen LogP contribution in [0.3, 0.4) is 0 Å². The Morgan fingerprint density at radius 2 is 2.40 bits per heavy atom. The van der Waals surface area contributed by atoms with Crippen LogP contribution in [0.25, 0.3) is 0 Å². The molecule has 1 aliphatic heterocycles. The minimum Gasteiger partial charge on any atom is -0.381 e. The standard InChI is InChI=1S/C8H17NO/c1-8(3-5-9-2)4-6-10-7-8/h9H,3-7H2,1-2H3. The molecule has 0 aromatic carbocycles. The fourth-order valence-electron chi connectivity index (χ4n) is 1.33. The first-order valence-corrected chi connectivity index (χ1v) is 3.99. The maximum atomic E-state index is 5.33. The first-order valence-electron chi connectivity index (χ1n) is 3.99. The molecule has 1 saturated heterocycles. The van der Waals surface area contributed by atoms with E-state index in [0.717, 1.165) is 19.8 Å². The summed E-state index contributed by atoms with van der Waals surface area (Å²) in [6.07, 6.45) is 2.47. The first kappa shape index (κ1) is 8.02. The lowest BCUT2D eigenvalue weighted by molar-refractivity contribution is 0.155. The number of hydrogen-bond donors (Lipinski definition) is 1. The summed E-state index contributed by atoms with van der Waals surface area (Å²) in [7, 11) is 2.00. The summed E-state index contributed by atoms with van der Waals surface area (Å²) in [5, 5.41) is 3.16. The summed E-state index contributed by atoms with van der Waals surface area (Å²) in [4.78, 5) is 0. The van der Waals surface area contributed by atoms with Gasteiger partial charge in [0.15, 0.2) is 0 Å². The van der Waals surface area contributed by atoms with E-state index in [1.54, 1.807) is 0 Å². The third kappa shape index (κ3) is 1.96. The minimum absolute atomic E-state index is 0.461. The molecule has 1 fully saturated rings. The van der Waals surface area contributed by atoms with Crippen LogP contribution in [0.4, 0.5) is 0 Å². The van der Waals surface area contributed by atoms with Crippen LogP contribution in [-0.4, -0.2) is 26.8 Å². The Balaban J connectivity index is 2.22. The van der Waals surface area contributed by atoms with Gasteiger partial charge in [0.25, 0.3) is 0 Å². The van der Waals surface area contributed by atoms with Gasteiger partial charge in [-0.3, -0.25) is 0 Å². The third-order valence-electron chi connectivity index (χ3n) is 2.28. The van der Waals surface area contributed by atoms with Crippen molar-refractivity contribution in [3.63, 3.8) is 0 Å². The maximum Gasteiger partial charge on any atom is 0.0521 e. The van der Waals surface area contributed by atoms with Gasteiger partial charge in [-0.05, 0) is 31.8 Å². The summed E-state index contributed by atoms with van der Waals surface area (Å²) in [6.45, 7) is 5.33. The van der Waals surface area contributed by atoms with Crippen molar-refractivity contribution in [1.82, 2.24) is 5.32 Å². The summed E-state index contributed by atoms with van der Waals surface area (Å²) in [5.41, 5.74) is 0.461. The maximum absolute atomic E-state index is 5.33. The molecule has 0 amide bonds. The van der Waals surface area contributed by atoms with Crippen molar-refractivity contribution in [2.45, 2.75) is 19.8 Å². The monoisotopic (exact) mass is 143 g/mol. The molecular weight excluding hydrogens is 126 g/mol. The van der Waals surface area contributed by atoms with Crippen LogP contribution in [0, 0.1) is 5.41 Å². The average Bonchev–Trinajstić information content (AvgIpc) is 2.33. The van der Waals surface area contributed by atoms with Crippen molar-refractivity contribution in [2.24, 2.45) is 5.41 Å². The van der Waals surface area contributed by atoms with Crippen molar-refractivity contribution in [1.29, 1.82) is 0 Å². The Morgan fingerprint density at radius 3 is 2.90 bits per heavy atom. The van der Waals surface area contributed by atoms with Crippen LogP contribution < -0.4 is 5.32 Å². The molecule has 60 valence electrons. The lowest BCUT2D eigenvalue weighted by atomic mass is 9.86. The molecule has 0 radical (unpaired) electrons. The summed E-state index contributed by atoms with van der Waals surface area (Å²) in [6, 6.07) is 0. The molecule has 2 heteroatoms. The lowest BCUT2D eigenvalue weighted by Crippen LogP contribution is -2.22. The molecule has 1 heterocycles. The van der Waals surface area contributed by atoms with E-state index in [9.17, 15) is 0 Å². The van der Waals surface area contributed by atoms with Crippen LogP contribution in [0.15, 0.2) is 0 Å². The second-order valence-electron chi connectivity index (χ2n) is 3.47. The van der Waals surface area contributed by atoms with E-state index < -0.39 is 0 Å². The quantitative estimate of drug-likeness (QED) is 0.637. The van der Waals surface area contributed by atoms with Crippen LogP contribution in [0.5, 0.6) is 0 Å². The minimum atomic E-state index is 0.461. The number of rotatable bonds is 3. The topological polar surface area (TPSA) is 21.3 Å². The van der Waals surface area contributed by atoms with Gasteiger partial charge in [-0.1, -0.05) is 6.92 Å². The lowest BCUT2D eigenvalue weighted by Gasteiger charge is -2.20. The van der Waals surface area contributed by atoms with E-state index in [4.69, 9.17) is 4.74 Å². The second kappa shape index (κ2) is 3.35. The van der Waals surface area contributed by atoms with Gasteiger partial charge >= 0.3 is 0 Å². The average molecular weight is 143 g/mol. The Bertz CT molecular complexity index is 97.4. The van der Waals surface area contributed by atoms with Gasteiger partial charge in [-0.2, -0.15) is 0 Å². The van der Waals surface area contributed by atoms with E-state index in [-0.39, 0.29) is 0 Å². The predicted octanol–water partition coefficient (Wildman–Crippen LogP) is 1.02. The number of ether oxygens (including phenoxy) is 1. The Labute approximate surface area is 63.0 Å². The summed E-state index contributed by atoms with van der Waals surface area (Å²) < 4.78 is 5.33. The van der Waals surface area contributed by atoms with E-state index in [0.29, 0.717) is 5.41 Å². The highest BCUT2D eigenvalue weighted by Crippen LogP contribution is 2.30. The van der Waals surface area contributed by atoms with Gasteiger partial charge in [0.1, 0.15) is 0 Å². The van der Waals surface area contributed by atoms with Crippen molar-refractivity contribution in [3.05, 3.63) is 0 Å². The van der Waals surface area contributed by atoms with Gasteiger partial charge in [0.05, 0.1) is 6.61 Å². The van der Waals surface area contributed by atoms with E-state index in [1.807, 2.05) is 7.05 Å². The molecule has 1 unspecified atom stereocenters. The normalized spacial score (nSPS) is 33.0. The van der Waals surface area contributed by atoms with Gasteiger partial charge < -0.3 is 10.1 Å².